The van der Waals surface area contributed by atoms with Gasteiger partial charge in [0.1, 0.15) is 0 Å². The smallest absolute Gasteiger partial charge is 0.0699 e. The lowest BCUT2D eigenvalue weighted by Crippen LogP contribution is -2.31. The van der Waals surface area contributed by atoms with E-state index in [4.69, 9.17) is 4.74 Å². The topological polar surface area (TPSA) is 39.1 Å². The molecule has 16 heavy (non-hydrogen) atoms. The Morgan fingerprint density at radius 2 is 2.56 bits per heavy atom. The average molecular weight is 221 g/mol. The van der Waals surface area contributed by atoms with Crippen LogP contribution in [0.15, 0.2) is 19.0 Å². The fourth-order valence-corrected chi connectivity index (χ4v) is 1.91. The van der Waals surface area contributed by atoms with Crippen LogP contribution >= 0.6 is 0 Å². The maximum atomic E-state index is 5.64. The third-order valence-electron chi connectivity index (χ3n) is 2.82. The van der Waals surface area contributed by atoms with Gasteiger partial charge in [0.2, 0.25) is 0 Å². The van der Waals surface area contributed by atoms with E-state index in [0.717, 1.165) is 19.7 Å². The molecule has 0 bridgehead atoms. The van der Waals surface area contributed by atoms with Crippen molar-refractivity contribution in [1.82, 2.24) is 15.1 Å². The summed E-state index contributed by atoms with van der Waals surface area (Å²) in [7, 11) is 0. The zero-order valence-corrected chi connectivity index (χ0v) is 9.56. The largest absolute Gasteiger partial charge is 0.377 e. The van der Waals surface area contributed by atoms with Crippen LogP contribution in [0.4, 0.5) is 0 Å². The summed E-state index contributed by atoms with van der Waals surface area (Å²) in [5, 5.41) is 7.52. The first-order chi connectivity index (χ1) is 7.88. The van der Waals surface area contributed by atoms with E-state index in [2.05, 4.69) is 17.0 Å². The molecule has 88 valence electrons. The van der Waals surface area contributed by atoms with E-state index in [-0.39, 0.29) is 0 Å². The van der Waals surface area contributed by atoms with Gasteiger partial charge in [-0.1, -0.05) is 6.58 Å². The van der Waals surface area contributed by atoms with Crippen LogP contribution in [0.3, 0.4) is 0 Å². The molecule has 4 heteroatoms. The second-order valence-electron chi connectivity index (χ2n) is 4.13. The maximum Gasteiger partial charge on any atom is 0.0699 e. The number of ether oxygens (including phenoxy) is 1. The summed E-state index contributed by atoms with van der Waals surface area (Å²) in [5.74, 6) is 0. The summed E-state index contributed by atoms with van der Waals surface area (Å²) in [6.45, 7) is 6.35. The Morgan fingerprint density at radius 1 is 1.62 bits per heavy atom. The quantitative estimate of drug-likeness (QED) is 0.821. The normalized spacial score (nSPS) is 20.9. The van der Waals surface area contributed by atoms with Crippen LogP contribution < -0.4 is 5.32 Å². The third kappa shape index (κ3) is 3.18. The summed E-state index contributed by atoms with van der Waals surface area (Å²) in [5.41, 5.74) is 1.18. The molecule has 1 aromatic heterocycles. The second-order valence-corrected chi connectivity index (χ2v) is 4.13. The molecule has 2 heterocycles. The van der Waals surface area contributed by atoms with Crippen molar-refractivity contribution in [2.45, 2.75) is 31.9 Å². The molecule has 4 nitrogen and oxygen atoms in total. The van der Waals surface area contributed by atoms with Crippen molar-refractivity contribution in [2.24, 2.45) is 0 Å². The molecule has 1 unspecified atom stereocenters. The molecule has 1 fully saturated rings. The molecule has 0 spiro atoms. The Kier molecular flexibility index (Phi) is 4.13. The van der Waals surface area contributed by atoms with Gasteiger partial charge in [0.25, 0.3) is 0 Å². The van der Waals surface area contributed by atoms with Gasteiger partial charge in [-0.25, -0.2) is 4.68 Å². The molecule has 0 aliphatic carbocycles. The van der Waals surface area contributed by atoms with E-state index < -0.39 is 0 Å². The van der Waals surface area contributed by atoms with Crippen LogP contribution in [0.5, 0.6) is 0 Å². The number of hydrogen-bond acceptors (Lipinski definition) is 3. The predicted molar refractivity (Wildman–Crippen MR) is 63.9 cm³/mol. The summed E-state index contributed by atoms with van der Waals surface area (Å²) < 4.78 is 7.36. The average Bonchev–Trinajstić information content (AvgIpc) is 2.78. The molecular formula is C12H19N3O. The van der Waals surface area contributed by atoms with Gasteiger partial charge in [-0.15, -0.1) is 0 Å². The van der Waals surface area contributed by atoms with Crippen molar-refractivity contribution in [1.29, 1.82) is 0 Å². The summed E-state index contributed by atoms with van der Waals surface area (Å²) in [6.07, 6.45) is 9.59. The summed E-state index contributed by atoms with van der Waals surface area (Å²) >= 11 is 0. The molecule has 1 aliphatic heterocycles. The lowest BCUT2D eigenvalue weighted by Gasteiger charge is -2.22. The minimum absolute atomic E-state index is 0.392. The highest BCUT2D eigenvalue weighted by Gasteiger charge is 2.12. The van der Waals surface area contributed by atoms with Crippen molar-refractivity contribution >= 4 is 6.20 Å². The molecule has 1 aliphatic rings. The first-order valence-electron chi connectivity index (χ1n) is 5.86. The van der Waals surface area contributed by atoms with Gasteiger partial charge >= 0.3 is 0 Å². The van der Waals surface area contributed by atoms with Crippen molar-refractivity contribution in [2.75, 3.05) is 13.2 Å². The minimum atomic E-state index is 0.392. The molecule has 1 N–H and O–H groups in total. The fourth-order valence-electron chi connectivity index (χ4n) is 1.91. The predicted octanol–water partition coefficient (Wildman–Crippen LogP) is 1.64. The first-order valence-corrected chi connectivity index (χ1v) is 5.86. The van der Waals surface area contributed by atoms with E-state index in [1.807, 2.05) is 12.4 Å². The zero-order chi connectivity index (χ0) is 11.2. The van der Waals surface area contributed by atoms with E-state index in [1.54, 1.807) is 10.9 Å². The van der Waals surface area contributed by atoms with Gasteiger partial charge in [-0.3, -0.25) is 0 Å². The van der Waals surface area contributed by atoms with Crippen molar-refractivity contribution in [3.63, 3.8) is 0 Å². The molecule has 1 aromatic rings. The van der Waals surface area contributed by atoms with Crippen LogP contribution in [0.25, 0.3) is 6.20 Å². The molecule has 0 saturated carbocycles. The van der Waals surface area contributed by atoms with Crippen molar-refractivity contribution < 1.29 is 4.74 Å². The SMILES string of the molecule is C=Cn1cc(CNCC2CCCCO2)cn1. The van der Waals surface area contributed by atoms with Crippen LogP contribution in [-0.4, -0.2) is 29.0 Å². The van der Waals surface area contributed by atoms with Crippen LogP contribution in [0.1, 0.15) is 24.8 Å². The fraction of sp³-hybridized carbons (Fsp3) is 0.583. The van der Waals surface area contributed by atoms with Gasteiger partial charge in [0.05, 0.1) is 12.3 Å². The monoisotopic (exact) mass is 221 g/mol. The van der Waals surface area contributed by atoms with E-state index in [0.29, 0.717) is 6.10 Å². The molecule has 0 radical (unpaired) electrons. The highest BCUT2D eigenvalue weighted by molar-refractivity contribution is 5.17. The molecule has 2 rings (SSSR count). The first kappa shape index (κ1) is 11.4. The maximum absolute atomic E-state index is 5.64. The van der Waals surface area contributed by atoms with E-state index in [9.17, 15) is 0 Å². The van der Waals surface area contributed by atoms with Gasteiger partial charge in [0.15, 0.2) is 0 Å². The van der Waals surface area contributed by atoms with E-state index in [1.165, 1.54) is 24.8 Å². The summed E-state index contributed by atoms with van der Waals surface area (Å²) in [6, 6.07) is 0. The lowest BCUT2D eigenvalue weighted by atomic mass is 10.1. The molecule has 0 aromatic carbocycles. The highest BCUT2D eigenvalue weighted by Crippen LogP contribution is 2.11. The van der Waals surface area contributed by atoms with Gasteiger partial charge in [0, 0.05) is 37.7 Å². The molecule has 0 amide bonds. The Bertz CT molecular complexity index is 329. The summed E-state index contributed by atoms with van der Waals surface area (Å²) in [4.78, 5) is 0. The third-order valence-corrected chi connectivity index (χ3v) is 2.82. The second kappa shape index (κ2) is 5.82. The molecule has 1 atom stereocenters. The Morgan fingerprint density at radius 3 is 3.25 bits per heavy atom. The van der Waals surface area contributed by atoms with Crippen molar-refractivity contribution in [3.05, 3.63) is 24.5 Å². The van der Waals surface area contributed by atoms with Gasteiger partial charge in [-0.2, -0.15) is 5.10 Å². The van der Waals surface area contributed by atoms with E-state index >= 15 is 0 Å². The Hall–Kier alpha value is -1.13. The number of nitrogens with zero attached hydrogens (tertiary/aromatic N) is 2. The highest BCUT2D eigenvalue weighted by atomic mass is 16.5. The Labute approximate surface area is 96.3 Å². The van der Waals surface area contributed by atoms with Crippen LogP contribution in [0, 0.1) is 0 Å². The number of nitrogens with one attached hydrogen (secondary N) is 1. The zero-order valence-electron chi connectivity index (χ0n) is 9.56. The van der Waals surface area contributed by atoms with Crippen LogP contribution in [0.2, 0.25) is 0 Å². The molecule has 1 saturated heterocycles. The standard InChI is InChI=1S/C12H19N3O/c1-2-15-10-11(8-14-15)7-13-9-12-5-3-4-6-16-12/h2,8,10,12-13H,1,3-7,9H2. The number of aromatic nitrogens is 2. The Balaban J connectivity index is 1.68. The number of rotatable bonds is 5. The van der Waals surface area contributed by atoms with Gasteiger partial charge in [-0.05, 0) is 19.3 Å². The number of hydrogen-bond donors (Lipinski definition) is 1. The van der Waals surface area contributed by atoms with Crippen molar-refractivity contribution in [3.8, 4) is 0 Å². The minimum Gasteiger partial charge on any atom is -0.377 e. The van der Waals surface area contributed by atoms with Gasteiger partial charge < -0.3 is 10.1 Å². The lowest BCUT2D eigenvalue weighted by molar-refractivity contribution is 0.0168. The van der Waals surface area contributed by atoms with Crippen LogP contribution in [-0.2, 0) is 11.3 Å². The molecular weight excluding hydrogens is 202 g/mol.